The molecule has 0 aromatic carbocycles. The molecule has 6 heteroatoms. The maximum Gasteiger partial charge on any atom is 0.225 e. The zero-order valence-corrected chi connectivity index (χ0v) is 12.7. The van der Waals surface area contributed by atoms with E-state index in [9.17, 15) is 4.79 Å². The highest BCUT2D eigenvalue weighted by Crippen LogP contribution is 2.31. The van der Waals surface area contributed by atoms with Gasteiger partial charge in [0, 0.05) is 30.4 Å². The lowest BCUT2D eigenvalue weighted by Crippen LogP contribution is -2.12. The molecule has 1 amide bonds. The third-order valence-electron chi connectivity index (χ3n) is 3.08. The second-order valence-electron chi connectivity index (χ2n) is 5.31. The standard InChI is InChI=1S/C15H16N4OS.H2/c1-9(2)5-12(20)19-13-6-10(7-21-13)14-11-3-4-16-15(11)18-8-17-14;/h3-4,6-9H,5H2,1-2H3,(H,19,20)(H,16,17,18);1H. The van der Waals surface area contributed by atoms with Gasteiger partial charge in [0.15, 0.2) is 0 Å². The van der Waals surface area contributed by atoms with Gasteiger partial charge in [-0.3, -0.25) is 4.79 Å². The van der Waals surface area contributed by atoms with Crippen LogP contribution in [0.2, 0.25) is 0 Å². The van der Waals surface area contributed by atoms with Crippen molar-refractivity contribution in [2.45, 2.75) is 20.3 Å². The number of aromatic amines is 1. The van der Waals surface area contributed by atoms with Crippen molar-refractivity contribution in [3.05, 3.63) is 30.0 Å². The van der Waals surface area contributed by atoms with Crippen molar-refractivity contribution in [2.24, 2.45) is 5.92 Å². The van der Waals surface area contributed by atoms with Crippen LogP contribution in [0.3, 0.4) is 0 Å². The van der Waals surface area contributed by atoms with E-state index in [1.807, 2.05) is 37.6 Å². The van der Waals surface area contributed by atoms with E-state index in [0.717, 1.165) is 27.3 Å². The zero-order valence-electron chi connectivity index (χ0n) is 11.9. The van der Waals surface area contributed by atoms with E-state index >= 15 is 0 Å². The van der Waals surface area contributed by atoms with Gasteiger partial charge in [0.05, 0.1) is 10.7 Å². The van der Waals surface area contributed by atoms with Crippen molar-refractivity contribution < 1.29 is 6.22 Å². The van der Waals surface area contributed by atoms with Gasteiger partial charge in [-0.05, 0) is 18.1 Å². The molecule has 2 N–H and O–H groups in total. The largest absolute Gasteiger partial charge is 0.346 e. The number of hydrogen-bond donors (Lipinski definition) is 2. The number of rotatable bonds is 4. The van der Waals surface area contributed by atoms with Gasteiger partial charge in [0.2, 0.25) is 5.91 Å². The number of carbonyl (C=O) groups is 1. The average molecular weight is 302 g/mol. The minimum atomic E-state index is 0. The van der Waals surface area contributed by atoms with Crippen molar-refractivity contribution >= 4 is 33.3 Å². The van der Waals surface area contributed by atoms with E-state index in [2.05, 4.69) is 20.3 Å². The Morgan fingerprint density at radius 1 is 1.48 bits per heavy atom. The Hall–Kier alpha value is -2.21. The van der Waals surface area contributed by atoms with Crippen LogP contribution in [0.25, 0.3) is 22.3 Å². The molecule has 0 radical (unpaired) electrons. The number of nitrogens with zero attached hydrogens (tertiary/aromatic N) is 2. The fraction of sp³-hybridized carbons (Fsp3) is 0.267. The third-order valence-corrected chi connectivity index (χ3v) is 3.93. The molecule has 0 atom stereocenters. The highest BCUT2D eigenvalue weighted by atomic mass is 32.1. The van der Waals surface area contributed by atoms with Gasteiger partial charge in [-0.25, -0.2) is 9.97 Å². The van der Waals surface area contributed by atoms with E-state index in [-0.39, 0.29) is 7.33 Å². The van der Waals surface area contributed by atoms with E-state index in [1.165, 1.54) is 11.3 Å². The Morgan fingerprint density at radius 3 is 3.14 bits per heavy atom. The number of H-pyrrole nitrogens is 1. The number of aromatic nitrogens is 3. The minimum Gasteiger partial charge on any atom is -0.346 e. The van der Waals surface area contributed by atoms with Crippen LogP contribution in [0.1, 0.15) is 21.7 Å². The summed E-state index contributed by atoms with van der Waals surface area (Å²) in [5, 5.41) is 6.76. The summed E-state index contributed by atoms with van der Waals surface area (Å²) >= 11 is 1.51. The van der Waals surface area contributed by atoms with Crippen LogP contribution in [-0.4, -0.2) is 20.9 Å². The summed E-state index contributed by atoms with van der Waals surface area (Å²) < 4.78 is 0. The van der Waals surface area contributed by atoms with Crippen molar-refractivity contribution in [3.8, 4) is 11.3 Å². The lowest BCUT2D eigenvalue weighted by atomic mass is 10.1. The van der Waals surface area contributed by atoms with Crippen LogP contribution in [0.5, 0.6) is 0 Å². The van der Waals surface area contributed by atoms with Crippen molar-refractivity contribution in [1.29, 1.82) is 0 Å². The SMILES string of the molecule is CC(C)CC(=O)Nc1cc(-c2ncnc3[nH]ccc23)cs1.[HH]. The predicted octanol–water partition coefficient (Wildman–Crippen LogP) is 3.92. The number of nitrogens with one attached hydrogen (secondary N) is 2. The second kappa shape index (κ2) is 5.65. The summed E-state index contributed by atoms with van der Waals surface area (Å²) in [6, 6.07) is 3.91. The predicted molar refractivity (Wildman–Crippen MR) is 87.4 cm³/mol. The van der Waals surface area contributed by atoms with E-state index in [1.54, 1.807) is 6.33 Å². The van der Waals surface area contributed by atoms with E-state index in [0.29, 0.717) is 12.3 Å². The van der Waals surface area contributed by atoms with Crippen LogP contribution in [0.4, 0.5) is 5.00 Å². The van der Waals surface area contributed by atoms with Gasteiger partial charge in [0.1, 0.15) is 12.0 Å². The Balaban J connectivity index is 0.00000176. The highest BCUT2D eigenvalue weighted by Gasteiger charge is 2.11. The van der Waals surface area contributed by atoms with Gasteiger partial charge in [-0.1, -0.05) is 13.8 Å². The Kier molecular flexibility index (Phi) is 3.70. The fourth-order valence-corrected chi connectivity index (χ4v) is 2.99. The molecule has 0 saturated carbocycles. The number of thiophene rings is 1. The van der Waals surface area contributed by atoms with Crippen LogP contribution < -0.4 is 5.32 Å². The molecule has 5 nitrogen and oxygen atoms in total. The molecule has 0 fully saturated rings. The topological polar surface area (TPSA) is 70.7 Å². The van der Waals surface area contributed by atoms with E-state index in [4.69, 9.17) is 0 Å². The second-order valence-corrected chi connectivity index (χ2v) is 6.22. The van der Waals surface area contributed by atoms with Crippen molar-refractivity contribution in [2.75, 3.05) is 5.32 Å². The quantitative estimate of drug-likeness (QED) is 0.767. The first kappa shape index (κ1) is 13.8. The molecule has 3 aromatic rings. The first-order chi connectivity index (χ1) is 10.1. The van der Waals surface area contributed by atoms with Gasteiger partial charge in [0.25, 0.3) is 0 Å². The maximum absolute atomic E-state index is 11.8. The summed E-state index contributed by atoms with van der Waals surface area (Å²) in [6.07, 6.45) is 3.92. The Bertz CT molecular complexity index is 781. The Morgan fingerprint density at radius 2 is 2.33 bits per heavy atom. The molecule has 0 bridgehead atoms. The van der Waals surface area contributed by atoms with Gasteiger partial charge < -0.3 is 10.3 Å². The van der Waals surface area contributed by atoms with Crippen LogP contribution >= 0.6 is 11.3 Å². The van der Waals surface area contributed by atoms with Gasteiger partial charge in [-0.2, -0.15) is 0 Å². The van der Waals surface area contributed by atoms with Crippen molar-refractivity contribution in [1.82, 2.24) is 15.0 Å². The molecular formula is C15H18N4OS. The normalized spacial score (nSPS) is 11.2. The number of anilines is 1. The summed E-state index contributed by atoms with van der Waals surface area (Å²) in [6.45, 7) is 4.06. The lowest BCUT2D eigenvalue weighted by molar-refractivity contribution is -0.116. The summed E-state index contributed by atoms with van der Waals surface area (Å²) in [5.41, 5.74) is 2.69. The third kappa shape index (κ3) is 2.95. The number of carbonyl (C=O) groups excluding carboxylic acids is 1. The molecule has 0 aliphatic rings. The molecule has 3 rings (SSSR count). The monoisotopic (exact) mass is 302 g/mol. The van der Waals surface area contributed by atoms with Crippen LogP contribution in [-0.2, 0) is 4.79 Å². The molecule has 3 heterocycles. The Labute approximate surface area is 127 Å². The lowest BCUT2D eigenvalue weighted by Gasteiger charge is -2.04. The molecular weight excluding hydrogens is 284 g/mol. The molecule has 0 unspecified atom stereocenters. The van der Waals surface area contributed by atoms with Gasteiger partial charge in [-0.15, -0.1) is 11.3 Å². The maximum atomic E-state index is 11.8. The molecule has 0 spiro atoms. The van der Waals surface area contributed by atoms with E-state index < -0.39 is 0 Å². The highest BCUT2D eigenvalue weighted by molar-refractivity contribution is 7.14. The smallest absolute Gasteiger partial charge is 0.225 e. The summed E-state index contributed by atoms with van der Waals surface area (Å²) in [5.74, 6) is 0.402. The number of fused-ring (bicyclic) bond motifs is 1. The number of amides is 1. The summed E-state index contributed by atoms with van der Waals surface area (Å²) in [4.78, 5) is 23.4. The fourth-order valence-electron chi connectivity index (χ4n) is 2.19. The van der Waals surface area contributed by atoms with Crippen LogP contribution in [0.15, 0.2) is 30.0 Å². The van der Waals surface area contributed by atoms with Crippen molar-refractivity contribution in [3.63, 3.8) is 0 Å². The molecule has 21 heavy (non-hydrogen) atoms. The number of hydrogen-bond acceptors (Lipinski definition) is 4. The summed E-state index contributed by atoms with van der Waals surface area (Å²) in [7, 11) is 0. The first-order valence-corrected chi connectivity index (χ1v) is 7.68. The van der Waals surface area contributed by atoms with Crippen LogP contribution in [0, 0.1) is 5.92 Å². The van der Waals surface area contributed by atoms with Gasteiger partial charge >= 0.3 is 0 Å². The molecule has 0 saturated heterocycles. The zero-order chi connectivity index (χ0) is 14.8. The molecule has 0 aliphatic carbocycles. The average Bonchev–Trinajstić information content (AvgIpc) is 3.05. The minimum absolute atomic E-state index is 0. The molecule has 0 aliphatic heterocycles. The first-order valence-electron chi connectivity index (χ1n) is 6.80. The molecule has 3 aromatic heterocycles. The molecule has 110 valence electrons.